The maximum Gasteiger partial charge on any atom is 0.124 e. The first kappa shape index (κ1) is 32.4. The van der Waals surface area contributed by atoms with Gasteiger partial charge >= 0.3 is 0 Å². The maximum atomic E-state index is 11.2. The summed E-state index contributed by atoms with van der Waals surface area (Å²) >= 11 is 0. The number of hydrogen-bond donors (Lipinski definition) is 3. The molecule has 4 aromatic rings. The predicted molar refractivity (Wildman–Crippen MR) is 184 cm³/mol. The minimum absolute atomic E-state index is 0.296. The minimum Gasteiger partial charge on any atom is -0.494 e. The highest BCUT2D eigenvalue weighted by molar-refractivity contribution is 5.94. The summed E-state index contributed by atoms with van der Waals surface area (Å²) in [4.78, 5) is 0. The minimum atomic E-state index is -0.306. The molecule has 2 saturated heterocycles. The molecule has 8 heteroatoms. The van der Waals surface area contributed by atoms with Crippen molar-refractivity contribution < 1.29 is 24.2 Å². The molecule has 2 aliphatic heterocycles. The number of para-hydroxylation sites is 4. The van der Waals surface area contributed by atoms with E-state index < -0.39 is 0 Å². The number of piperidine rings is 2. The van der Waals surface area contributed by atoms with Crippen molar-refractivity contribution in [2.45, 2.75) is 51.9 Å². The number of fused-ring (bicyclic) bond motifs is 2. The summed E-state index contributed by atoms with van der Waals surface area (Å²) in [5.74, 6) is 2.56. The van der Waals surface area contributed by atoms with Gasteiger partial charge in [0.2, 0.25) is 0 Å². The summed E-state index contributed by atoms with van der Waals surface area (Å²) in [5, 5.41) is 23.5. The standard InChI is InChI=1S/C39H45N3O5/c1-5-44-29-21-13-9-17-25(29)35-33-36(26-18-10-14-22-30(26)45-6-2)41-38(28-20-12-16-24-32(28)47-8-4)34(39(33)42-43)37(40-35)27-19-11-15-23-31(27)46-7-3/h9-24,33-38,40-41,43H,5-8H2,1-4H3. The third-order valence-corrected chi connectivity index (χ3v) is 9.17. The van der Waals surface area contributed by atoms with Crippen LogP contribution in [0.25, 0.3) is 0 Å². The average Bonchev–Trinajstić information content (AvgIpc) is 3.10. The Morgan fingerprint density at radius 2 is 0.723 bits per heavy atom. The van der Waals surface area contributed by atoms with Crippen molar-refractivity contribution in [3.05, 3.63) is 119 Å². The number of oxime groups is 1. The van der Waals surface area contributed by atoms with E-state index in [1.807, 2.05) is 100 Å². The smallest absolute Gasteiger partial charge is 0.124 e. The third-order valence-electron chi connectivity index (χ3n) is 9.17. The zero-order valence-electron chi connectivity index (χ0n) is 27.6. The lowest BCUT2D eigenvalue weighted by molar-refractivity contribution is 0.142. The zero-order valence-corrected chi connectivity index (χ0v) is 27.6. The Kier molecular flexibility index (Phi) is 10.3. The first-order valence-electron chi connectivity index (χ1n) is 16.8. The van der Waals surface area contributed by atoms with Crippen molar-refractivity contribution in [1.29, 1.82) is 0 Å². The second-order valence-corrected chi connectivity index (χ2v) is 11.7. The number of hydrogen-bond acceptors (Lipinski definition) is 8. The van der Waals surface area contributed by atoms with Crippen LogP contribution in [0.4, 0.5) is 0 Å². The summed E-state index contributed by atoms with van der Waals surface area (Å²) in [6.45, 7) is 10.1. The first-order valence-corrected chi connectivity index (χ1v) is 16.8. The molecule has 3 N–H and O–H groups in total. The molecule has 8 nitrogen and oxygen atoms in total. The van der Waals surface area contributed by atoms with E-state index in [4.69, 9.17) is 18.9 Å². The van der Waals surface area contributed by atoms with Gasteiger partial charge in [0.15, 0.2) is 0 Å². The van der Waals surface area contributed by atoms with Crippen LogP contribution >= 0.6 is 0 Å². The Bertz CT molecular complexity index is 1450. The second-order valence-electron chi connectivity index (χ2n) is 11.7. The van der Waals surface area contributed by atoms with Crippen LogP contribution in [0.5, 0.6) is 23.0 Å². The van der Waals surface area contributed by atoms with E-state index in [0.29, 0.717) is 32.1 Å². The van der Waals surface area contributed by atoms with Gasteiger partial charge in [0, 0.05) is 58.3 Å². The molecule has 6 rings (SSSR count). The molecule has 4 unspecified atom stereocenters. The molecule has 2 heterocycles. The van der Waals surface area contributed by atoms with E-state index in [-0.39, 0.29) is 36.0 Å². The number of ether oxygens (including phenoxy) is 4. The lowest BCUT2D eigenvalue weighted by Crippen LogP contribution is -2.60. The van der Waals surface area contributed by atoms with Crippen LogP contribution in [0.2, 0.25) is 0 Å². The van der Waals surface area contributed by atoms with Crippen LogP contribution in [0, 0.1) is 11.8 Å². The molecule has 4 aromatic carbocycles. The number of rotatable bonds is 12. The Labute approximate surface area is 277 Å². The predicted octanol–water partition coefficient (Wildman–Crippen LogP) is 7.82. The van der Waals surface area contributed by atoms with Crippen LogP contribution in [0.1, 0.15) is 74.1 Å². The van der Waals surface area contributed by atoms with Crippen molar-refractivity contribution in [1.82, 2.24) is 10.6 Å². The highest BCUT2D eigenvalue weighted by Gasteiger charge is 2.56. The number of benzene rings is 4. The average molecular weight is 636 g/mol. The molecular formula is C39H45N3O5. The number of nitrogens with zero attached hydrogens (tertiary/aromatic N) is 1. The van der Waals surface area contributed by atoms with Gasteiger partial charge in [0.05, 0.1) is 32.1 Å². The van der Waals surface area contributed by atoms with E-state index in [9.17, 15) is 5.21 Å². The third kappa shape index (κ3) is 6.27. The van der Waals surface area contributed by atoms with E-state index in [2.05, 4.69) is 40.1 Å². The summed E-state index contributed by atoms with van der Waals surface area (Å²) in [7, 11) is 0. The van der Waals surface area contributed by atoms with Gasteiger partial charge in [-0.15, -0.1) is 0 Å². The lowest BCUT2D eigenvalue weighted by Gasteiger charge is -2.54. The van der Waals surface area contributed by atoms with Crippen LogP contribution in [-0.4, -0.2) is 37.3 Å². The van der Waals surface area contributed by atoms with Gasteiger partial charge in [-0.3, -0.25) is 0 Å². The summed E-state index contributed by atoms with van der Waals surface area (Å²) in [6.07, 6.45) is 0. The van der Waals surface area contributed by atoms with E-state index in [1.165, 1.54) is 0 Å². The van der Waals surface area contributed by atoms with Crippen molar-refractivity contribution in [3.8, 4) is 23.0 Å². The highest BCUT2D eigenvalue weighted by Crippen LogP contribution is 2.56. The number of nitrogens with one attached hydrogen (secondary N) is 2. The fourth-order valence-electron chi connectivity index (χ4n) is 7.46. The van der Waals surface area contributed by atoms with Crippen molar-refractivity contribution >= 4 is 5.71 Å². The quantitative estimate of drug-likeness (QED) is 0.108. The van der Waals surface area contributed by atoms with Crippen molar-refractivity contribution in [2.75, 3.05) is 26.4 Å². The Balaban J connectivity index is 1.62. The Hall–Kier alpha value is -4.53. The molecule has 0 amide bonds. The molecule has 47 heavy (non-hydrogen) atoms. The van der Waals surface area contributed by atoms with Gasteiger partial charge in [-0.2, -0.15) is 0 Å². The largest absolute Gasteiger partial charge is 0.494 e. The molecule has 0 saturated carbocycles. The topological polar surface area (TPSA) is 93.6 Å². The van der Waals surface area contributed by atoms with Crippen molar-refractivity contribution in [2.24, 2.45) is 17.0 Å². The van der Waals surface area contributed by atoms with Gasteiger partial charge in [0.1, 0.15) is 23.0 Å². The van der Waals surface area contributed by atoms with Gasteiger partial charge in [-0.1, -0.05) is 78.0 Å². The van der Waals surface area contributed by atoms with Crippen LogP contribution in [-0.2, 0) is 0 Å². The monoisotopic (exact) mass is 635 g/mol. The second kappa shape index (κ2) is 14.9. The molecule has 0 aromatic heterocycles. The van der Waals surface area contributed by atoms with Gasteiger partial charge in [-0.25, -0.2) is 0 Å². The molecule has 2 bridgehead atoms. The summed E-state index contributed by atoms with van der Waals surface area (Å²) in [5.41, 5.74) is 4.67. The van der Waals surface area contributed by atoms with E-state index in [0.717, 1.165) is 45.3 Å². The van der Waals surface area contributed by atoms with E-state index in [1.54, 1.807) is 0 Å². The van der Waals surface area contributed by atoms with Crippen LogP contribution in [0.3, 0.4) is 0 Å². The molecule has 4 atom stereocenters. The van der Waals surface area contributed by atoms with Crippen LogP contribution < -0.4 is 29.6 Å². The fraction of sp³-hybridized carbons (Fsp3) is 0.359. The lowest BCUT2D eigenvalue weighted by atomic mass is 9.63. The molecule has 0 spiro atoms. The van der Waals surface area contributed by atoms with Gasteiger partial charge in [0.25, 0.3) is 0 Å². The molecule has 2 fully saturated rings. The van der Waals surface area contributed by atoms with Crippen molar-refractivity contribution in [3.63, 3.8) is 0 Å². The maximum absolute atomic E-state index is 11.2. The Morgan fingerprint density at radius 1 is 0.468 bits per heavy atom. The molecular weight excluding hydrogens is 590 g/mol. The molecule has 0 radical (unpaired) electrons. The van der Waals surface area contributed by atoms with Gasteiger partial charge in [-0.05, 0) is 52.0 Å². The zero-order chi connectivity index (χ0) is 32.8. The molecule has 2 aliphatic rings. The summed E-state index contributed by atoms with van der Waals surface area (Å²) < 4.78 is 24.8. The van der Waals surface area contributed by atoms with Gasteiger partial charge < -0.3 is 34.8 Å². The Morgan fingerprint density at radius 3 is 0.957 bits per heavy atom. The van der Waals surface area contributed by atoms with E-state index >= 15 is 0 Å². The van der Waals surface area contributed by atoms with Crippen LogP contribution in [0.15, 0.2) is 102 Å². The highest BCUT2D eigenvalue weighted by atomic mass is 16.5. The molecule has 246 valence electrons. The fourth-order valence-corrected chi connectivity index (χ4v) is 7.46. The normalized spacial score (nSPS) is 23.5. The first-order chi connectivity index (χ1) is 23.1. The SMILES string of the molecule is CCOc1ccccc1C1NC(c2ccccc2OCC)C2C(=NO)C1C(c1ccccc1OCC)NC2c1ccccc1OCC. The molecule has 0 aliphatic carbocycles. The summed E-state index contributed by atoms with van der Waals surface area (Å²) in [6, 6.07) is 31.3.